The van der Waals surface area contributed by atoms with E-state index >= 15 is 0 Å². The van der Waals surface area contributed by atoms with Crippen LogP contribution < -0.4 is 10.6 Å². The summed E-state index contributed by atoms with van der Waals surface area (Å²) in [4.78, 5) is 26.9. The van der Waals surface area contributed by atoms with Gasteiger partial charge in [-0.1, -0.05) is 67.4 Å². The normalized spacial score (nSPS) is 12.0. The van der Waals surface area contributed by atoms with Crippen LogP contribution in [0.4, 0.5) is 29.3 Å². The summed E-state index contributed by atoms with van der Waals surface area (Å²) in [5.74, 6) is -0.572. The standard InChI is InChI=1S/C23H20F3N3O2S2/c1-33-19-14-8-7-13-18(19)27-21(30)20(15-9-3-2-4-10-15)29(32)22(31)28-17-12-6-5-11-16(17)23(24,25)26/h2-14,20,32H,1H3,(H,27,30)(H,28,31). The molecule has 0 fully saturated rings. The van der Waals surface area contributed by atoms with E-state index in [1.807, 2.05) is 18.4 Å². The minimum atomic E-state index is -4.66. The van der Waals surface area contributed by atoms with Gasteiger partial charge < -0.3 is 10.6 Å². The van der Waals surface area contributed by atoms with Gasteiger partial charge in [0, 0.05) is 4.90 Å². The number of thiol groups is 1. The molecular formula is C23H20F3N3O2S2. The van der Waals surface area contributed by atoms with Crippen molar-refractivity contribution in [2.24, 2.45) is 0 Å². The zero-order valence-electron chi connectivity index (χ0n) is 17.3. The third-order valence-corrected chi connectivity index (χ3v) is 5.86. The van der Waals surface area contributed by atoms with Crippen molar-refractivity contribution in [2.75, 3.05) is 16.9 Å². The summed E-state index contributed by atoms with van der Waals surface area (Å²) in [5.41, 5.74) is -0.463. The van der Waals surface area contributed by atoms with E-state index in [2.05, 4.69) is 23.4 Å². The highest BCUT2D eigenvalue weighted by Gasteiger charge is 2.35. The van der Waals surface area contributed by atoms with Crippen molar-refractivity contribution < 1.29 is 22.8 Å². The van der Waals surface area contributed by atoms with Crippen LogP contribution in [-0.2, 0) is 11.0 Å². The number of carbonyl (C=O) groups is 2. The van der Waals surface area contributed by atoms with Crippen molar-refractivity contribution in [3.8, 4) is 0 Å². The zero-order valence-corrected chi connectivity index (χ0v) is 19.0. The molecule has 3 aromatic rings. The first-order valence-corrected chi connectivity index (χ1v) is 11.3. The quantitative estimate of drug-likeness (QED) is 0.273. The van der Waals surface area contributed by atoms with Crippen LogP contribution in [0.2, 0.25) is 0 Å². The number of hydrogen-bond donors (Lipinski definition) is 3. The molecule has 3 rings (SSSR count). The summed E-state index contributed by atoms with van der Waals surface area (Å²) in [6.07, 6.45) is -2.81. The van der Waals surface area contributed by atoms with Crippen LogP contribution in [-0.4, -0.2) is 22.5 Å². The van der Waals surface area contributed by atoms with Gasteiger partial charge in [-0.05, 0) is 36.1 Å². The second kappa shape index (κ2) is 10.7. The molecule has 33 heavy (non-hydrogen) atoms. The Balaban J connectivity index is 1.90. The lowest BCUT2D eigenvalue weighted by molar-refractivity contribution is -0.137. The van der Waals surface area contributed by atoms with Crippen molar-refractivity contribution in [1.82, 2.24) is 4.31 Å². The number of carbonyl (C=O) groups excluding carboxylic acids is 2. The number of anilines is 2. The van der Waals surface area contributed by atoms with Crippen LogP contribution in [0.3, 0.4) is 0 Å². The molecule has 172 valence electrons. The summed E-state index contributed by atoms with van der Waals surface area (Å²) in [6, 6.07) is 17.9. The third-order valence-electron chi connectivity index (χ3n) is 4.66. The minimum Gasteiger partial charge on any atom is -0.323 e. The Morgan fingerprint density at radius 1 is 0.879 bits per heavy atom. The molecule has 3 amide bonds. The van der Waals surface area contributed by atoms with Gasteiger partial charge in [-0.3, -0.25) is 9.10 Å². The van der Waals surface area contributed by atoms with Crippen LogP contribution in [0, 0.1) is 0 Å². The van der Waals surface area contributed by atoms with Crippen molar-refractivity contribution >= 4 is 47.9 Å². The topological polar surface area (TPSA) is 61.4 Å². The second-order valence-electron chi connectivity index (χ2n) is 6.82. The average Bonchev–Trinajstić information content (AvgIpc) is 2.80. The number of thioether (sulfide) groups is 1. The molecule has 0 aliphatic rings. The van der Waals surface area contributed by atoms with Gasteiger partial charge >= 0.3 is 12.2 Å². The molecule has 0 spiro atoms. The molecule has 0 radical (unpaired) electrons. The molecular weight excluding hydrogens is 471 g/mol. The number of amides is 3. The molecule has 0 bridgehead atoms. The lowest BCUT2D eigenvalue weighted by atomic mass is 10.1. The molecule has 0 aliphatic carbocycles. The number of nitrogens with one attached hydrogen (secondary N) is 2. The number of nitrogens with zero attached hydrogens (tertiary/aromatic N) is 1. The van der Waals surface area contributed by atoms with E-state index in [9.17, 15) is 22.8 Å². The van der Waals surface area contributed by atoms with Crippen LogP contribution in [0.1, 0.15) is 17.2 Å². The molecule has 1 atom stereocenters. The Bertz CT molecular complexity index is 1130. The number of rotatable bonds is 6. The van der Waals surface area contributed by atoms with Crippen LogP contribution in [0.25, 0.3) is 0 Å². The first kappa shape index (κ1) is 24.5. The first-order chi connectivity index (χ1) is 15.7. The molecule has 3 aromatic carbocycles. The molecule has 0 aliphatic heterocycles. The largest absolute Gasteiger partial charge is 0.418 e. The molecule has 1 unspecified atom stereocenters. The molecule has 2 N–H and O–H groups in total. The third kappa shape index (κ3) is 6.02. The maximum absolute atomic E-state index is 13.3. The Kier molecular flexibility index (Phi) is 7.93. The fourth-order valence-corrected chi connectivity index (χ4v) is 3.96. The number of para-hydroxylation sites is 2. The molecule has 10 heteroatoms. The van der Waals surface area contributed by atoms with Gasteiger partial charge in [0.1, 0.15) is 6.04 Å². The van der Waals surface area contributed by atoms with Gasteiger partial charge in [-0.2, -0.15) is 13.2 Å². The fraction of sp³-hybridized carbons (Fsp3) is 0.130. The van der Waals surface area contributed by atoms with E-state index in [0.717, 1.165) is 21.3 Å². The molecule has 0 saturated heterocycles. The highest BCUT2D eigenvalue weighted by atomic mass is 32.2. The number of halogens is 3. The van der Waals surface area contributed by atoms with Crippen LogP contribution >= 0.6 is 24.6 Å². The Morgan fingerprint density at radius 2 is 1.45 bits per heavy atom. The second-order valence-corrected chi connectivity index (χ2v) is 8.10. The van der Waals surface area contributed by atoms with Gasteiger partial charge in [0.15, 0.2) is 0 Å². The number of alkyl halides is 3. The van der Waals surface area contributed by atoms with Crippen molar-refractivity contribution in [3.05, 3.63) is 90.0 Å². The molecule has 0 aromatic heterocycles. The van der Waals surface area contributed by atoms with E-state index < -0.39 is 35.4 Å². The van der Waals surface area contributed by atoms with E-state index in [4.69, 9.17) is 0 Å². The smallest absolute Gasteiger partial charge is 0.323 e. The summed E-state index contributed by atoms with van der Waals surface area (Å²) in [7, 11) is 0. The first-order valence-electron chi connectivity index (χ1n) is 9.66. The molecule has 0 heterocycles. The minimum absolute atomic E-state index is 0.436. The van der Waals surface area contributed by atoms with Crippen LogP contribution in [0.5, 0.6) is 0 Å². The lowest BCUT2D eigenvalue weighted by Gasteiger charge is -2.27. The van der Waals surface area contributed by atoms with E-state index in [-0.39, 0.29) is 0 Å². The SMILES string of the molecule is CSc1ccccc1NC(=O)C(c1ccccc1)N(S)C(=O)Nc1ccccc1C(F)(F)F. The molecule has 0 saturated carbocycles. The maximum Gasteiger partial charge on any atom is 0.418 e. The van der Waals surface area contributed by atoms with Crippen LogP contribution in [0.15, 0.2) is 83.8 Å². The lowest BCUT2D eigenvalue weighted by Crippen LogP contribution is -2.38. The summed E-state index contributed by atoms with van der Waals surface area (Å²) >= 11 is 5.63. The van der Waals surface area contributed by atoms with Gasteiger partial charge in [0.25, 0.3) is 5.91 Å². The predicted octanol–water partition coefficient (Wildman–Crippen LogP) is 6.49. The van der Waals surface area contributed by atoms with Gasteiger partial charge in [-0.25, -0.2) is 4.79 Å². The maximum atomic E-state index is 13.3. The Morgan fingerprint density at radius 3 is 2.09 bits per heavy atom. The molecule has 5 nitrogen and oxygen atoms in total. The highest BCUT2D eigenvalue weighted by Crippen LogP contribution is 2.35. The fourth-order valence-electron chi connectivity index (χ4n) is 3.12. The van der Waals surface area contributed by atoms with Crippen molar-refractivity contribution in [2.45, 2.75) is 17.1 Å². The number of benzene rings is 3. The zero-order chi connectivity index (χ0) is 24.0. The summed E-state index contributed by atoms with van der Waals surface area (Å²) in [5, 5.41) is 5.00. The number of hydrogen-bond acceptors (Lipinski definition) is 4. The van der Waals surface area contributed by atoms with E-state index in [1.165, 1.54) is 23.9 Å². The van der Waals surface area contributed by atoms with E-state index in [1.54, 1.807) is 42.5 Å². The van der Waals surface area contributed by atoms with Gasteiger partial charge in [0.05, 0.1) is 16.9 Å². The highest BCUT2D eigenvalue weighted by molar-refractivity contribution is 7.98. The Hall–Kier alpha value is -3.11. The Labute approximate surface area is 198 Å². The number of urea groups is 1. The monoisotopic (exact) mass is 491 g/mol. The summed E-state index contributed by atoms with van der Waals surface area (Å²) < 4.78 is 40.7. The summed E-state index contributed by atoms with van der Waals surface area (Å²) in [6.45, 7) is 0. The van der Waals surface area contributed by atoms with E-state index in [0.29, 0.717) is 11.3 Å². The van der Waals surface area contributed by atoms with Crippen molar-refractivity contribution in [3.63, 3.8) is 0 Å². The average molecular weight is 492 g/mol. The van der Waals surface area contributed by atoms with Gasteiger partial charge in [-0.15, -0.1) is 11.8 Å². The van der Waals surface area contributed by atoms with Crippen molar-refractivity contribution in [1.29, 1.82) is 0 Å². The van der Waals surface area contributed by atoms with Gasteiger partial charge in [0.2, 0.25) is 0 Å². The predicted molar refractivity (Wildman–Crippen MR) is 127 cm³/mol.